The molecule has 1 heterocycles. The van der Waals surface area contributed by atoms with Crippen molar-refractivity contribution in [2.45, 2.75) is 26.3 Å². The summed E-state index contributed by atoms with van der Waals surface area (Å²) < 4.78 is 32.2. The highest BCUT2D eigenvalue weighted by molar-refractivity contribution is 7.89. The van der Waals surface area contributed by atoms with E-state index in [1.165, 1.54) is 0 Å². The van der Waals surface area contributed by atoms with Gasteiger partial charge in [-0.25, -0.2) is 13.1 Å². The first-order chi connectivity index (χ1) is 8.48. The van der Waals surface area contributed by atoms with E-state index in [4.69, 9.17) is 4.74 Å². The molecule has 0 fully saturated rings. The lowest BCUT2D eigenvalue weighted by Gasteiger charge is -2.26. The van der Waals surface area contributed by atoms with Gasteiger partial charge in [-0.1, -0.05) is 32.0 Å². The molecule has 1 N–H and O–H groups in total. The van der Waals surface area contributed by atoms with Crippen LogP contribution >= 0.6 is 0 Å². The van der Waals surface area contributed by atoms with E-state index in [1.807, 2.05) is 38.1 Å². The molecule has 0 saturated heterocycles. The molecule has 0 radical (unpaired) electrons. The van der Waals surface area contributed by atoms with Gasteiger partial charge >= 0.3 is 0 Å². The van der Waals surface area contributed by atoms with E-state index < -0.39 is 10.0 Å². The van der Waals surface area contributed by atoms with E-state index in [2.05, 4.69) is 4.72 Å². The highest BCUT2D eigenvalue weighted by Gasteiger charge is 2.25. The van der Waals surface area contributed by atoms with E-state index in [9.17, 15) is 8.42 Å². The molecule has 0 bridgehead atoms. The number of nitrogens with one attached hydrogen (secondary N) is 1. The van der Waals surface area contributed by atoms with Crippen molar-refractivity contribution in [2.75, 3.05) is 12.4 Å². The third-order valence-electron chi connectivity index (χ3n) is 2.83. The fourth-order valence-corrected chi connectivity index (χ4v) is 3.82. The molecule has 1 unspecified atom stereocenters. The van der Waals surface area contributed by atoms with Crippen LogP contribution < -0.4 is 9.46 Å². The zero-order valence-corrected chi connectivity index (χ0v) is 11.5. The molecule has 1 aliphatic heterocycles. The number of hydrogen-bond donors (Lipinski definition) is 1. The van der Waals surface area contributed by atoms with Crippen LogP contribution in [0.15, 0.2) is 24.3 Å². The van der Waals surface area contributed by atoms with E-state index in [-0.39, 0.29) is 17.7 Å². The van der Waals surface area contributed by atoms with Crippen molar-refractivity contribution in [3.05, 3.63) is 29.8 Å². The Morgan fingerprint density at radius 1 is 1.39 bits per heavy atom. The van der Waals surface area contributed by atoms with Gasteiger partial charge in [0, 0.05) is 12.0 Å². The number of fused-ring (bicyclic) bond motifs is 1. The summed E-state index contributed by atoms with van der Waals surface area (Å²) in [6.07, 6.45) is 0.675. The summed E-state index contributed by atoms with van der Waals surface area (Å²) in [5, 5.41) is 0. The molecule has 0 saturated carbocycles. The molecule has 1 aromatic carbocycles. The van der Waals surface area contributed by atoms with Crippen LogP contribution in [0.5, 0.6) is 5.75 Å². The average Bonchev–Trinajstić information content (AvgIpc) is 2.27. The van der Waals surface area contributed by atoms with Gasteiger partial charge in [0.2, 0.25) is 10.0 Å². The summed E-state index contributed by atoms with van der Waals surface area (Å²) >= 11 is 0. The lowest BCUT2D eigenvalue weighted by atomic mass is 10.0. The number of rotatable bonds is 4. The maximum Gasteiger partial charge on any atom is 0.212 e. The Labute approximate surface area is 108 Å². The standard InChI is InChI=1S/C13H19NO3S/c1-10(2)9-18(15,16)14-12-7-8-17-13-6-4-3-5-11(12)13/h3-6,10,12,14H,7-9H2,1-2H3. The van der Waals surface area contributed by atoms with Gasteiger partial charge in [-0.15, -0.1) is 0 Å². The van der Waals surface area contributed by atoms with Crippen LogP contribution in [0.1, 0.15) is 31.9 Å². The summed E-state index contributed by atoms with van der Waals surface area (Å²) in [4.78, 5) is 0. The summed E-state index contributed by atoms with van der Waals surface area (Å²) in [5.41, 5.74) is 0.927. The molecule has 1 aromatic rings. The third kappa shape index (κ3) is 3.23. The number of hydrogen-bond acceptors (Lipinski definition) is 3. The molecule has 0 aromatic heterocycles. The molecule has 0 amide bonds. The van der Waals surface area contributed by atoms with Gasteiger partial charge in [0.25, 0.3) is 0 Å². The second-order valence-electron chi connectivity index (χ2n) is 5.02. The Bertz CT molecular complexity index is 511. The predicted molar refractivity (Wildman–Crippen MR) is 71.1 cm³/mol. The van der Waals surface area contributed by atoms with Gasteiger partial charge in [-0.3, -0.25) is 0 Å². The summed E-state index contributed by atoms with van der Waals surface area (Å²) in [6, 6.07) is 7.41. The fourth-order valence-electron chi connectivity index (χ4n) is 2.17. The van der Waals surface area contributed by atoms with Crippen molar-refractivity contribution in [2.24, 2.45) is 5.92 Å². The van der Waals surface area contributed by atoms with Crippen LogP contribution in [-0.2, 0) is 10.0 Å². The van der Waals surface area contributed by atoms with Crippen LogP contribution in [0, 0.1) is 5.92 Å². The molecule has 1 atom stereocenters. The van der Waals surface area contributed by atoms with E-state index in [0.717, 1.165) is 11.3 Å². The second-order valence-corrected chi connectivity index (χ2v) is 6.82. The van der Waals surface area contributed by atoms with Crippen LogP contribution in [0.3, 0.4) is 0 Å². The normalized spacial score (nSPS) is 19.4. The van der Waals surface area contributed by atoms with E-state index in [0.29, 0.717) is 13.0 Å². The van der Waals surface area contributed by atoms with Crippen LogP contribution in [0.25, 0.3) is 0 Å². The van der Waals surface area contributed by atoms with Gasteiger partial charge in [0.05, 0.1) is 18.4 Å². The number of para-hydroxylation sites is 1. The van der Waals surface area contributed by atoms with E-state index in [1.54, 1.807) is 0 Å². The Morgan fingerprint density at radius 2 is 2.11 bits per heavy atom. The molecule has 1 aliphatic rings. The minimum absolute atomic E-state index is 0.123. The van der Waals surface area contributed by atoms with E-state index >= 15 is 0 Å². The minimum Gasteiger partial charge on any atom is -0.493 e. The van der Waals surface area contributed by atoms with Crippen molar-refractivity contribution >= 4 is 10.0 Å². The summed E-state index contributed by atoms with van der Waals surface area (Å²) in [5.74, 6) is 1.06. The number of benzene rings is 1. The van der Waals surface area contributed by atoms with Crippen LogP contribution in [0.4, 0.5) is 0 Å². The molecule has 4 nitrogen and oxygen atoms in total. The zero-order valence-electron chi connectivity index (χ0n) is 10.7. The second kappa shape index (κ2) is 5.28. The first-order valence-electron chi connectivity index (χ1n) is 6.19. The maximum atomic E-state index is 12.0. The van der Waals surface area contributed by atoms with Crippen molar-refractivity contribution in [3.8, 4) is 5.75 Å². The van der Waals surface area contributed by atoms with Crippen LogP contribution in [-0.4, -0.2) is 20.8 Å². The first kappa shape index (κ1) is 13.4. The quantitative estimate of drug-likeness (QED) is 0.910. The van der Waals surface area contributed by atoms with Crippen LogP contribution in [0.2, 0.25) is 0 Å². The van der Waals surface area contributed by atoms with Crippen molar-refractivity contribution in [3.63, 3.8) is 0 Å². The van der Waals surface area contributed by atoms with Gasteiger partial charge in [0.1, 0.15) is 5.75 Å². The molecule has 0 aliphatic carbocycles. The molecule has 2 rings (SSSR count). The molecule has 100 valence electrons. The zero-order chi connectivity index (χ0) is 13.2. The molecule has 18 heavy (non-hydrogen) atoms. The minimum atomic E-state index is -3.23. The van der Waals surface area contributed by atoms with Gasteiger partial charge in [-0.05, 0) is 12.0 Å². The lowest BCUT2D eigenvalue weighted by Crippen LogP contribution is -2.34. The predicted octanol–water partition coefficient (Wildman–Crippen LogP) is 2.09. The number of sulfonamides is 1. The first-order valence-corrected chi connectivity index (χ1v) is 7.85. The molecule has 0 spiro atoms. The highest BCUT2D eigenvalue weighted by atomic mass is 32.2. The smallest absolute Gasteiger partial charge is 0.212 e. The molecular formula is C13H19NO3S. The summed E-state index contributed by atoms with van der Waals surface area (Å²) in [7, 11) is -3.23. The van der Waals surface area contributed by atoms with Gasteiger partial charge < -0.3 is 4.74 Å². The average molecular weight is 269 g/mol. The van der Waals surface area contributed by atoms with Gasteiger partial charge in [-0.2, -0.15) is 0 Å². The maximum absolute atomic E-state index is 12.0. The third-order valence-corrected chi connectivity index (χ3v) is 4.58. The van der Waals surface area contributed by atoms with Crippen molar-refractivity contribution in [1.82, 2.24) is 4.72 Å². The summed E-state index contributed by atoms with van der Waals surface area (Å²) in [6.45, 7) is 4.35. The van der Waals surface area contributed by atoms with Gasteiger partial charge in [0.15, 0.2) is 0 Å². The fraction of sp³-hybridized carbons (Fsp3) is 0.538. The molecular weight excluding hydrogens is 250 g/mol. The van der Waals surface area contributed by atoms with Crippen molar-refractivity contribution in [1.29, 1.82) is 0 Å². The highest BCUT2D eigenvalue weighted by Crippen LogP contribution is 2.31. The lowest BCUT2D eigenvalue weighted by molar-refractivity contribution is 0.263. The number of ether oxygens (including phenoxy) is 1. The Hall–Kier alpha value is -1.07. The molecule has 5 heteroatoms. The monoisotopic (exact) mass is 269 g/mol. The Balaban J connectivity index is 2.17. The SMILES string of the molecule is CC(C)CS(=O)(=O)NC1CCOc2ccccc21. The topological polar surface area (TPSA) is 55.4 Å². The Morgan fingerprint density at radius 3 is 2.83 bits per heavy atom. The van der Waals surface area contributed by atoms with Crippen molar-refractivity contribution < 1.29 is 13.2 Å². The Kier molecular flexibility index (Phi) is 3.92. The largest absolute Gasteiger partial charge is 0.493 e.